The van der Waals surface area contributed by atoms with Gasteiger partial charge in [0, 0.05) is 12.7 Å². The van der Waals surface area contributed by atoms with Crippen LogP contribution in [-0.2, 0) is 6.54 Å². The maximum atomic E-state index is 4.86. The summed E-state index contributed by atoms with van der Waals surface area (Å²) in [5.41, 5.74) is 2.24. The highest BCUT2D eigenvalue weighted by molar-refractivity contribution is 5.74. The number of pyridine rings is 1. The van der Waals surface area contributed by atoms with Crippen LogP contribution < -0.4 is 5.32 Å². The monoisotopic (exact) mass is 272 g/mol. The van der Waals surface area contributed by atoms with Gasteiger partial charge in [0.05, 0.1) is 17.8 Å². The first kappa shape index (κ1) is 13.6. The molecule has 3 heterocycles. The molecule has 2 aromatic rings. The van der Waals surface area contributed by atoms with Gasteiger partial charge >= 0.3 is 0 Å². The summed E-state index contributed by atoms with van der Waals surface area (Å²) in [6.45, 7) is 6.66. The van der Waals surface area contributed by atoms with Crippen molar-refractivity contribution in [3.63, 3.8) is 0 Å². The van der Waals surface area contributed by atoms with Gasteiger partial charge in [0.1, 0.15) is 11.3 Å². The normalized spacial score (nSPS) is 23.3. The molecule has 0 amide bonds. The first-order chi connectivity index (χ1) is 9.83. The SMILES string of the molecule is CCCn1c(C2CC(CC)CCN2)nc2cnccc21. The molecule has 2 aromatic heterocycles. The minimum atomic E-state index is 0.396. The Morgan fingerprint density at radius 1 is 1.40 bits per heavy atom. The highest BCUT2D eigenvalue weighted by Gasteiger charge is 2.26. The van der Waals surface area contributed by atoms with Crippen LogP contribution in [-0.4, -0.2) is 21.1 Å². The predicted octanol–water partition coefficient (Wildman–Crippen LogP) is 3.29. The van der Waals surface area contributed by atoms with E-state index in [1.54, 1.807) is 0 Å². The largest absolute Gasteiger partial charge is 0.327 e. The number of rotatable bonds is 4. The van der Waals surface area contributed by atoms with E-state index >= 15 is 0 Å². The number of hydrogen-bond acceptors (Lipinski definition) is 3. The molecule has 20 heavy (non-hydrogen) atoms. The third kappa shape index (κ3) is 2.44. The summed E-state index contributed by atoms with van der Waals surface area (Å²) in [7, 11) is 0. The molecular weight excluding hydrogens is 248 g/mol. The van der Waals surface area contributed by atoms with Gasteiger partial charge in [-0.25, -0.2) is 4.98 Å². The molecule has 4 nitrogen and oxygen atoms in total. The van der Waals surface area contributed by atoms with Gasteiger partial charge in [0.15, 0.2) is 0 Å². The number of piperidine rings is 1. The summed E-state index contributed by atoms with van der Waals surface area (Å²) >= 11 is 0. The maximum Gasteiger partial charge on any atom is 0.127 e. The predicted molar refractivity (Wildman–Crippen MR) is 81.6 cm³/mol. The molecular formula is C16H24N4. The highest BCUT2D eigenvalue weighted by atomic mass is 15.1. The lowest BCUT2D eigenvalue weighted by molar-refractivity contribution is 0.286. The number of aryl methyl sites for hydroxylation is 1. The molecule has 1 aliphatic rings. The molecule has 1 fully saturated rings. The Morgan fingerprint density at radius 3 is 3.10 bits per heavy atom. The summed E-state index contributed by atoms with van der Waals surface area (Å²) in [6.07, 6.45) is 8.65. The summed E-state index contributed by atoms with van der Waals surface area (Å²) in [5, 5.41) is 3.66. The highest BCUT2D eigenvalue weighted by Crippen LogP contribution is 2.30. The van der Waals surface area contributed by atoms with Crippen molar-refractivity contribution in [3.8, 4) is 0 Å². The zero-order valence-electron chi connectivity index (χ0n) is 12.5. The van der Waals surface area contributed by atoms with Gasteiger partial charge in [0.2, 0.25) is 0 Å². The van der Waals surface area contributed by atoms with Gasteiger partial charge in [-0.1, -0.05) is 20.3 Å². The summed E-state index contributed by atoms with van der Waals surface area (Å²) in [5.74, 6) is 2.03. The van der Waals surface area contributed by atoms with Gasteiger partial charge in [-0.2, -0.15) is 0 Å². The molecule has 108 valence electrons. The fraction of sp³-hybridized carbons (Fsp3) is 0.625. The van der Waals surface area contributed by atoms with E-state index in [4.69, 9.17) is 4.98 Å². The quantitative estimate of drug-likeness (QED) is 0.928. The fourth-order valence-electron chi connectivity index (χ4n) is 3.29. The van der Waals surface area contributed by atoms with Crippen LogP contribution in [0.3, 0.4) is 0 Å². The number of aromatic nitrogens is 3. The molecule has 0 radical (unpaired) electrons. The fourth-order valence-corrected chi connectivity index (χ4v) is 3.29. The third-order valence-electron chi connectivity index (χ3n) is 4.43. The number of nitrogens with zero attached hydrogens (tertiary/aromatic N) is 3. The van der Waals surface area contributed by atoms with Gasteiger partial charge in [0.25, 0.3) is 0 Å². The van der Waals surface area contributed by atoms with Gasteiger partial charge in [-0.15, -0.1) is 0 Å². The van der Waals surface area contributed by atoms with E-state index in [0.717, 1.165) is 30.9 Å². The average molecular weight is 272 g/mol. The van der Waals surface area contributed by atoms with E-state index in [-0.39, 0.29) is 0 Å². The Morgan fingerprint density at radius 2 is 2.30 bits per heavy atom. The molecule has 1 aliphatic heterocycles. The number of nitrogens with one attached hydrogen (secondary N) is 1. The van der Waals surface area contributed by atoms with Crippen molar-refractivity contribution in [1.29, 1.82) is 0 Å². The van der Waals surface area contributed by atoms with E-state index in [1.165, 1.54) is 30.6 Å². The van der Waals surface area contributed by atoms with Crippen LogP contribution in [0.1, 0.15) is 51.4 Å². The standard InChI is InChI=1S/C16H24N4/c1-3-9-20-15-6-7-17-11-14(15)19-16(20)13-10-12(4-2)5-8-18-13/h6-7,11-13,18H,3-5,8-10H2,1-2H3. The Hall–Kier alpha value is -1.42. The van der Waals surface area contributed by atoms with Crippen LogP contribution in [0.2, 0.25) is 0 Å². The Balaban J connectivity index is 1.99. The van der Waals surface area contributed by atoms with Gasteiger partial charge in [-0.05, 0) is 37.8 Å². The van der Waals surface area contributed by atoms with Crippen LogP contribution in [0.5, 0.6) is 0 Å². The first-order valence-electron chi connectivity index (χ1n) is 7.87. The van der Waals surface area contributed by atoms with Crippen molar-refractivity contribution >= 4 is 11.0 Å². The molecule has 0 aromatic carbocycles. The molecule has 0 saturated carbocycles. The first-order valence-corrected chi connectivity index (χ1v) is 7.87. The van der Waals surface area contributed by atoms with Crippen molar-refractivity contribution in [3.05, 3.63) is 24.3 Å². The molecule has 0 spiro atoms. The molecule has 1 saturated heterocycles. The van der Waals surface area contributed by atoms with Gasteiger partial charge < -0.3 is 9.88 Å². The second kappa shape index (κ2) is 5.92. The molecule has 3 rings (SSSR count). The summed E-state index contributed by atoms with van der Waals surface area (Å²) in [4.78, 5) is 9.07. The lowest BCUT2D eigenvalue weighted by Gasteiger charge is -2.29. The van der Waals surface area contributed by atoms with Crippen LogP contribution >= 0.6 is 0 Å². The molecule has 4 heteroatoms. The molecule has 1 N–H and O–H groups in total. The second-order valence-electron chi connectivity index (χ2n) is 5.79. The zero-order chi connectivity index (χ0) is 13.9. The van der Waals surface area contributed by atoms with E-state index in [9.17, 15) is 0 Å². The van der Waals surface area contributed by atoms with Crippen molar-refractivity contribution < 1.29 is 0 Å². The zero-order valence-corrected chi connectivity index (χ0v) is 12.5. The van der Waals surface area contributed by atoms with Crippen molar-refractivity contribution in [1.82, 2.24) is 19.9 Å². The minimum absolute atomic E-state index is 0.396. The van der Waals surface area contributed by atoms with Crippen LogP contribution in [0.25, 0.3) is 11.0 Å². The van der Waals surface area contributed by atoms with E-state index in [0.29, 0.717) is 6.04 Å². The average Bonchev–Trinajstić information content (AvgIpc) is 2.87. The Bertz CT molecular complexity index is 575. The minimum Gasteiger partial charge on any atom is -0.327 e. The van der Waals surface area contributed by atoms with Crippen molar-refractivity contribution in [2.24, 2.45) is 5.92 Å². The van der Waals surface area contributed by atoms with E-state index in [2.05, 4.69) is 34.8 Å². The van der Waals surface area contributed by atoms with Gasteiger partial charge in [-0.3, -0.25) is 4.98 Å². The Labute approximate surface area is 120 Å². The lowest BCUT2D eigenvalue weighted by atomic mass is 9.90. The topological polar surface area (TPSA) is 42.7 Å². The van der Waals surface area contributed by atoms with E-state index < -0.39 is 0 Å². The molecule has 0 aliphatic carbocycles. The molecule has 0 bridgehead atoms. The van der Waals surface area contributed by atoms with Crippen LogP contribution in [0.15, 0.2) is 18.5 Å². The van der Waals surface area contributed by atoms with Crippen LogP contribution in [0, 0.1) is 5.92 Å². The number of hydrogen-bond donors (Lipinski definition) is 1. The summed E-state index contributed by atoms with van der Waals surface area (Å²) < 4.78 is 2.38. The maximum absolute atomic E-state index is 4.86. The second-order valence-corrected chi connectivity index (χ2v) is 5.79. The molecule has 2 unspecified atom stereocenters. The number of imidazole rings is 1. The van der Waals surface area contributed by atoms with Crippen molar-refractivity contribution in [2.45, 2.75) is 52.1 Å². The van der Waals surface area contributed by atoms with Crippen molar-refractivity contribution in [2.75, 3.05) is 6.54 Å². The summed E-state index contributed by atoms with van der Waals surface area (Å²) in [6, 6.07) is 2.48. The number of fused-ring (bicyclic) bond motifs is 1. The lowest BCUT2D eigenvalue weighted by Crippen LogP contribution is -2.33. The van der Waals surface area contributed by atoms with Crippen LogP contribution in [0.4, 0.5) is 0 Å². The van der Waals surface area contributed by atoms with E-state index in [1.807, 2.05) is 12.4 Å². The third-order valence-corrected chi connectivity index (χ3v) is 4.43. The Kier molecular flexibility index (Phi) is 4.01. The smallest absolute Gasteiger partial charge is 0.127 e. The molecule has 2 atom stereocenters.